The molecule has 0 aliphatic heterocycles. The normalized spacial score (nSPS) is 31.9. The SMILES string of the molecule is CC(C)n1cc(C2(N)CC(O)C2)cn1. The number of hydrogen-bond donors (Lipinski definition) is 2. The Morgan fingerprint density at radius 1 is 1.64 bits per heavy atom. The van der Waals surface area contributed by atoms with Crippen LogP contribution in [0.2, 0.25) is 0 Å². The van der Waals surface area contributed by atoms with E-state index in [1.54, 1.807) is 0 Å². The van der Waals surface area contributed by atoms with E-state index in [1.165, 1.54) is 0 Å². The molecule has 1 saturated carbocycles. The fourth-order valence-corrected chi connectivity index (χ4v) is 1.89. The summed E-state index contributed by atoms with van der Waals surface area (Å²) < 4.78 is 1.90. The van der Waals surface area contributed by atoms with E-state index < -0.39 is 0 Å². The van der Waals surface area contributed by atoms with Gasteiger partial charge in [-0.2, -0.15) is 5.10 Å². The lowest BCUT2D eigenvalue weighted by Crippen LogP contribution is -2.51. The van der Waals surface area contributed by atoms with Gasteiger partial charge in [0.1, 0.15) is 0 Å². The van der Waals surface area contributed by atoms with Crippen LogP contribution in [0.25, 0.3) is 0 Å². The van der Waals surface area contributed by atoms with Crippen molar-refractivity contribution in [3.63, 3.8) is 0 Å². The first-order valence-corrected chi connectivity index (χ1v) is 5.03. The van der Waals surface area contributed by atoms with Crippen molar-refractivity contribution in [2.45, 2.75) is 44.4 Å². The second-order valence-electron chi connectivity index (χ2n) is 4.52. The summed E-state index contributed by atoms with van der Waals surface area (Å²) in [5.41, 5.74) is 6.81. The number of nitrogens with zero attached hydrogens (tertiary/aromatic N) is 2. The highest BCUT2D eigenvalue weighted by atomic mass is 16.3. The second kappa shape index (κ2) is 3.07. The van der Waals surface area contributed by atoms with Crippen LogP contribution in [0.3, 0.4) is 0 Å². The average molecular weight is 195 g/mol. The molecule has 78 valence electrons. The van der Waals surface area contributed by atoms with Crippen molar-refractivity contribution in [2.24, 2.45) is 5.73 Å². The van der Waals surface area contributed by atoms with Gasteiger partial charge in [-0.05, 0) is 26.7 Å². The van der Waals surface area contributed by atoms with Crippen molar-refractivity contribution in [1.29, 1.82) is 0 Å². The first-order valence-electron chi connectivity index (χ1n) is 5.03. The first kappa shape index (κ1) is 9.68. The Hall–Kier alpha value is -0.870. The van der Waals surface area contributed by atoms with E-state index in [0.29, 0.717) is 18.9 Å². The van der Waals surface area contributed by atoms with E-state index in [0.717, 1.165) is 5.56 Å². The minimum Gasteiger partial charge on any atom is -0.393 e. The molecule has 1 heterocycles. The first-order chi connectivity index (χ1) is 6.51. The van der Waals surface area contributed by atoms with Gasteiger partial charge in [0.15, 0.2) is 0 Å². The molecule has 0 spiro atoms. The molecular weight excluding hydrogens is 178 g/mol. The van der Waals surface area contributed by atoms with Gasteiger partial charge < -0.3 is 10.8 Å². The Labute approximate surface area is 83.7 Å². The van der Waals surface area contributed by atoms with E-state index >= 15 is 0 Å². The smallest absolute Gasteiger partial charge is 0.0582 e. The Morgan fingerprint density at radius 3 is 2.71 bits per heavy atom. The predicted molar refractivity (Wildman–Crippen MR) is 53.7 cm³/mol. The summed E-state index contributed by atoms with van der Waals surface area (Å²) in [6.45, 7) is 4.16. The molecule has 1 aromatic rings. The van der Waals surface area contributed by atoms with Crippen LogP contribution in [-0.4, -0.2) is 21.0 Å². The molecule has 4 nitrogen and oxygen atoms in total. The molecule has 1 aliphatic rings. The molecular formula is C10H17N3O. The van der Waals surface area contributed by atoms with Gasteiger partial charge in [-0.15, -0.1) is 0 Å². The summed E-state index contributed by atoms with van der Waals surface area (Å²) in [6, 6.07) is 0.359. The molecule has 0 bridgehead atoms. The highest BCUT2D eigenvalue weighted by Crippen LogP contribution is 2.38. The zero-order valence-corrected chi connectivity index (χ0v) is 8.64. The average Bonchev–Trinajstić information content (AvgIpc) is 2.49. The maximum Gasteiger partial charge on any atom is 0.0582 e. The Kier molecular flexibility index (Phi) is 2.12. The van der Waals surface area contributed by atoms with Crippen LogP contribution in [0.4, 0.5) is 0 Å². The van der Waals surface area contributed by atoms with Crippen LogP contribution in [0.5, 0.6) is 0 Å². The molecule has 1 aliphatic carbocycles. The third-order valence-electron chi connectivity index (χ3n) is 2.91. The molecule has 0 aromatic carbocycles. The van der Waals surface area contributed by atoms with Crippen LogP contribution >= 0.6 is 0 Å². The van der Waals surface area contributed by atoms with Crippen molar-refractivity contribution < 1.29 is 5.11 Å². The highest BCUT2D eigenvalue weighted by Gasteiger charge is 2.42. The number of aliphatic hydroxyl groups excluding tert-OH is 1. The lowest BCUT2D eigenvalue weighted by Gasteiger charge is -2.41. The Morgan fingerprint density at radius 2 is 2.29 bits per heavy atom. The highest BCUT2D eigenvalue weighted by molar-refractivity contribution is 5.22. The maximum absolute atomic E-state index is 9.25. The van der Waals surface area contributed by atoms with E-state index in [9.17, 15) is 5.11 Å². The third-order valence-corrected chi connectivity index (χ3v) is 2.91. The molecule has 1 fully saturated rings. The van der Waals surface area contributed by atoms with E-state index in [1.807, 2.05) is 17.1 Å². The van der Waals surface area contributed by atoms with Crippen LogP contribution in [0.1, 0.15) is 38.3 Å². The minimum atomic E-state index is -0.341. The maximum atomic E-state index is 9.25. The van der Waals surface area contributed by atoms with E-state index in [-0.39, 0.29) is 11.6 Å². The standard InChI is InChI=1S/C10H17N3O/c1-7(2)13-6-8(5-12-13)10(11)3-9(14)4-10/h5-7,9,14H,3-4,11H2,1-2H3. The topological polar surface area (TPSA) is 64.1 Å². The zero-order valence-electron chi connectivity index (χ0n) is 8.64. The molecule has 0 amide bonds. The fraction of sp³-hybridized carbons (Fsp3) is 0.700. The molecule has 3 N–H and O–H groups in total. The molecule has 4 heteroatoms. The lowest BCUT2D eigenvalue weighted by molar-refractivity contribution is 0.0209. The number of rotatable bonds is 2. The van der Waals surface area contributed by atoms with Gasteiger partial charge >= 0.3 is 0 Å². The summed E-state index contributed by atoms with van der Waals surface area (Å²) in [7, 11) is 0. The van der Waals surface area contributed by atoms with Gasteiger partial charge in [0.25, 0.3) is 0 Å². The van der Waals surface area contributed by atoms with Crippen LogP contribution < -0.4 is 5.73 Å². The van der Waals surface area contributed by atoms with Gasteiger partial charge in [-0.1, -0.05) is 0 Å². The monoisotopic (exact) mass is 195 g/mol. The summed E-state index contributed by atoms with van der Waals surface area (Å²) >= 11 is 0. The Bertz CT molecular complexity index is 326. The minimum absolute atomic E-state index is 0.234. The molecule has 0 unspecified atom stereocenters. The summed E-state index contributed by atoms with van der Waals surface area (Å²) in [4.78, 5) is 0. The molecule has 1 aromatic heterocycles. The van der Waals surface area contributed by atoms with E-state index in [4.69, 9.17) is 5.73 Å². The van der Waals surface area contributed by atoms with Gasteiger partial charge in [0.2, 0.25) is 0 Å². The number of hydrogen-bond acceptors (Lipinski definition) is 3. The molecule has 0 radical (unpaired) electrons. The van der Waals surface area contributed by atoms with Crippen molar-refractivity contribution in [1.82, 2.24) is 9.78 Å². The van der Waals surface area contributed by atoms with Crippen molar-refractivity contribution in [3.05, 3.63) is 18.0 Å². The largest absolute Gasteiger partial charge is 0.393 e. The van der Waals surface area contributed by atoms with Gasteiger partial charge in [-0.3, -0.25) is 4.68 Å². The van der Waals surface area contributed by atoms with Crippen molar-refractivity contribution in [3.8, 4) is 0 Å². The van der Waals surface area contributed by atoms with Gasteiger partial charge in [0, 0.05) is 23.3 Å². The predicted octanol–water partition coefficient (Wildman–Crippen LogP) is 0.773. The van der Waals surface area contributed by atoms with E-state index in [2.05, 4.69) is 18.9 Å². The lowest BCUT2D eigenvalue weighted by atomic mass is 9.72. The summed E-state index contributed by atoms with van der Waals surface area (Å²) in [5.74, 6) is 0. The summed E-state index contributed by atoms with van der Waals surface area (Å²) in [5, 5.41) is 13.5. The quantitative estimate of drug-likeness (QED) is 0.732. The van der Waals surface area contributed by atoms with Crippen molar-refractivity contribution >= 4 is 0 Å². The number of nitrogens with two attached hydrogens (primary N) is 1. The molecule has 0 atom stereocenters. The molecule has 2 rings (SSSR count). The Balaban J connectivity index is 2.17. The van der Waals surface area contributed by atoms with Gasteiger partial charge in [-0.25, -0.2) is 0 Å². The zero-order chi connectivity index (χ0) is 10.3. The number of aromatic nitrogens is 2. The fourth-order valence-electron chi connectivity index (χ4n) is 1.89. The van der Waals surface area contributed by atoms with Gasteiger partial charge in [0.05, 0.1) is 12.3 Å². The van der Waals surface area contributed by atoms with Crippen LogP contribution in [0, 0.1) is 0 Å². The summed E-state index contributed by atoms with van der Waals surface area (Å²) in [6.07, 6.45) is 4.86. The van der Waals surface area contributed by atoms with Crippen molar-refractivity contribution in [2.75, 3.05) is 0 Å². The third kappa shape index (κ3) is 1.44. The van der Waals surface area contributed by atoms with Crippen LogP contribution in [0.15, 0.2) is 12.4 Å². The molecule has 0 saturated heterocycles. The number of aliphatic hydroxyl groups is 1. The second-order valence-corrected chi connectivity index (χ2v) is 4.52. The van der Waals surface area contributed by atoms with Crippen LogP contribution in [-0.2, 0) is 5.54 Å². The molecule has 14 heavy (non-hydrogen) atoms.